The zero-order chi connectivity index (χ0) is 13.1. The summed E-state index contributed by atoms with van der Waals surface area (Å²) in [5.41, 5.74) is 0.771. The first-order valence-corrected chi connectivity index (χ1v) is 7.41. The third-order valence-electron chi connectivity index (χ3n) is 3.43. The maximum atomic E-state index is 12.3. The van der Waals surface area contributed by atoms with Gasteiger partial charge in [0.25, 0.3) is 5.91 Å². The number of carbonyl (C=O) groups is 1. The lowest BCUT2D eigenvalue weighted by molar-refractivity contribution is 0.0264. The fourth-order valence-corrected chi connectivity index (χ4v) is 2.94. The summed E-state index contributed by atoms with van der Waals surface area (Å²) in [7, 11) is 1.84. The SMILES string of the molecule is CSc1ccccc1C(=O)N(C)CC1CC(O)C1. The van der Waals surface area contributed by atoms with Crippen LogP contribution in [0.1, 0.15) is 23.2 Å². The smallest absolute Gasteiger partial charge is 0.254 e. The van der Waals surface area contributed by atoms with E-state index >= 15 is 0 Å². The van der Waals surface area contributed by atoms with E-state index in [-0.39, 0.29) is 12.0 Å². The maximum absolute atomic E-state index is 12.3. The van der Waals surface area contributed by atoms with Gasteiger partial charge in [-0.3, -0.25) is 4.79 Å². The first-order chi connectivity index (χ1) is 8.61. The molecule has 98 valence electrons. The molecular weight excluding hydrogens is 246 g/mol. The van der Waals surface area contributed by atoms with Gasteiger partial charge in [0.05, 0.1) is 11.7 Å². The highest BCUT2D eigenvalue weighted by Gasteiger charge is 2.29. The normalized spacial score (nSPS) is 22.4. The second-order valence-corrected chi connectivity index (χ2v) is 5.73. The predicted octanol–water partition coefficient (Wildman–Crippen LogP) is 2.25. The molecule has 1 saturated carbocycles. The molecule has 1 fully saturated rings. The van der Waals surface area contributed by atoms with Crippen LogP contribution < -0.4 is 0 Å². The topological polar surface area (TPSA) is 40.5 Å². The molecule has 2 rings (SSSR count). The fourth-order valence-electron chi connectivity index (χ4n) is 2.35. The maximum Gasteiger partial charge on any atom is 0.254 e. The predicted molar refractivity (Wildman–Crippen MR) is 73.9 cm³/mol. The van der Waals surface area contributed by atoms with Gasteiger partial charge in [-0.1, -0.05) is 12.1 Å². The van der Waals surface area contributed by atoms with Crippen LogP contribution in [0.2, 0.25) is 0 Å². The fraction of sp³-hybridized carbons (Fsp3) is 0.500. The highest BCUT2D eigenvalue weighted by molar-refractivity contribution is 7.98. The van der Waals surface area contributed by atoms with E-state index in [1.54, 1.807) is 16.7 Å². The van der Waals surface area contributed by atoms with Gasteiger partial charge in [-0.15, -0.1) is 11.8 Å². The van der Waals surface area contributed by atoms with Gasteiger partial charge in [-0.2, -0.15) is 0 Å². The molecule has 0 aliphatic heterocycles. The molecule has 4 heteroatoms. The molecule has 1 N–H and O–H groups in total. The molecule has 0 aromatic heterocycles. The van der Waals surface area contributed by atoms with Crippen molar-refractivity contribution in [2.75, 3.05) is 19.8 Å². The van der Waals surface area contributed by atoms with Gasteiger partial charge < -0.3 is 10.0 Å². The summed E-state index contributed by atoms with van der Waals surface area (Å²) in [5, 5.41) is 9.26. The first kappa shape index (κ1) is 13.4. The summed E-state index contributed by atoms with van der Waals surface area (Å²) in [5.74, 6) is 0.525. The van der Waals surface area contributed by atoms with Crippen LogP contribution in [-0.2, 0) is 0 Å². The van der Waals surface area contributed by atoms with Gasteiger partial charge in [0.1, 0.15) is 0 Å². The number of aliphatic hydroxyl groups excluding tert-OH is 1. The molecule has 1 aliphatic rings. The number of hydrogen-bond donors (Lipinski definition) is 1. The van der Waals surface area contributed by atoms with Crippen molar-refractivity contribution in [1.82, 2.24) is 4.90 Å². The van der Waals surface area contributed by atoms with E-state index in [2.05, 4.69) is 0 Å². The lowest BCUT2D eigenvalue weighted by Gasteiger charge is -2.34. The average molecular weight is 265 g/mol. The second-order valence-electron chi connectivity index (χ2n) is 4.88. The van der Waals surface area contributed by atoms with Crippen LogP contribution in [0.15, 0.2) is 29.2 Å². The standard InChI is InChI=1S/C14H19NO2S/c1-15(9-10-7-11(16)8-10)14(17)12-5-3-4-6-13(12)18-2/h3-6,10-11,16H,7-9H2,1-2H3. The monoisotopic (exact) mass is 265 g/mol. The Morgan fingerprint density at radius 1 is 1.44 bits per heavy atom. The van der Waals surface area contributed by atoms with Gasteiger partial charge in [0, 0.05) is 18.5 Å². The Morgan fingerprint density at radius 3 is 2.72 bits per heavy atom. The molecule has 0 saturated heterocycles. The van der Waals surface area contributed by atoms with E-state index in [1.807, 2.05) is 37.6 Å². The van der Waals surface area contributed by atoms with Gasteiger partial charge in [0.2, 0.25) is 0 Å². The van der Waals surface area contributed by atoms with Gasteiger partial charge >= 0.3 is 0 Å². The molecule has 1 aromatic carbocycles. The van der Waals surface area contributed by atoms with Crippen LogP contribution in [0.5, 0.6) is 0 Å². The number of rotatable bonds is 4. The Balaban J connectivity index is 2.01. The van der Waals surface area contributed by atoms with Crippen molar-refractivity contribution in [3.8, 4) is 0 Å². The van der Waals surface area contributed by atoms with Crippen molar-refractivity contribution in [1.29, 1.82) is 0 Å². The zero-order valence-electron chi connectivity index (χ0n) is 10.8. The lowest BCUT2D eigenvalue weighted by atomic mass is 9.82. The Bertz CT molecular complexity index is 430. The van der Waals surface area contributed by atoms with E-state index in [9.17, 15) is 9.90 Å². The number of benzene rings is 1. The number of hydrogen-bond acceptors (Lipinski definition) is 3. The second kappa shape index (κ2) is 5.76. The minimum absolute atomic E-state index is 0.0707. The Labute approximate surface area is 112 Å². The van der Waals surface area contributed by atoms with E-state index in [1.165, 1.54) is 0 Å². The summed E-state index contributed by atoms with van der Waals surface area (Å²) in [6.45, 7) is 0.735. The highest BCUT2D eigenvalue weighted by Crippen LogP contribution is 2.28. The molecule has 0 atom stereocenters. The van der Waals surface area contributed by atoms with Crippen LogP contribution in [-0.4, -0.2) is 41.9 Å². The number of amides is 1. The number of aliphatic hydroxyl groups is 1. The van der Waals surface area contributed by atoms with E-state index in [0.717, 1.165) is 29.8 Å². The van der Waals surface area contributed by atoms with Crippen molar-refractivity contribution in [2.24, 2.45) is 5.92 Å². The van der Waals surface area contributed by atoms with Crippen LogP contribution in [0.3, 0.4) is 0 Å². The number of thioether (sulfide) groups is 1. The molecule has 1 aromatic rings. The third-order valence-corrected chi connectivity index (χ3v) is 4.22. The molecule has 0 heterocycles. The van der Waals surface area contributed by atoms with E-state index in [4.69, 9.17) is 0 Å². The zero-order valence-corrected chi connectivity index (χ0v) is 11.6. The van der Waals surface area contributed by atoms with Crippen molar-refractivity contribution in [3.63, 3.8) is 0 Å². The summed E-state index contributed by atoms with van der Waals surface area (Å²) in [6, 6.07) is 7.69. The lowest BCUT2D eigenvalue weighted by Crippen LogP contribution is -2.39. The van der Waals surface area contributed by atoms with Gasteiger partial charge in [-0.25, -0.2) is 0 Å². The molecule has 0 unspecified atom stereocenters. The minimum atomic E-state index is -0.156. The van der Waals surface area contributed by atoms with E-state index in [0.29, 0.717) is 5.92 Å². The average Bonchev–Trinajstić information content (AvgIpc) is 2.35. The molecule has 18 heavy (non-hydrogen) atoms. The number of nitrogens with zero attached hydrogens (tertiary/aromatic N) is 1. The summed E-state index contributed by atoms with van der Waals surface area (Å²) in [4.78, 5) is 15.1. The Kier molecular flexibility index (Phi) is 4.30. The van der Waals surface area contributed by atoms with Crippen LogP contribution in [0.4, 0.5) is 0 Å². The van der Waals surface area contributed by atoms with Crippen LogP contribution >= 0.6 is 11.8 Å². The summed E-state index contributed by atoms with van der Waals surface area (Å²) in [6.07, 6.45) is 3.47. The summed E-state index contributed by atoms with van der Waals surface area (Å²) >= 11 is 1.59. The quantitative estimate of drug-likeness (QED) is 0.849. The van der Waals surface area contributed by atoms with Crippen molar-refractivity contribution in [3.05, 3.63) is 29.8 Å². The largest absolute Gasteiger partial charge is 0.393 e. The molecular formula is C14H19NO2S. The molecule has 3 nitrogen and oxygen atoms in total. The molecule has 1 aliphatic carbocycles. The molecule has 0 radical (unpaired) electrons. The van der Waals surface area contributed by atoms with E-state index < -0.39 is 0 Å². The number of carbonyl (C=O) groups excluding carboxylic acids is 1. The first-order valence-electron chi connectivity index (χ1n) is 6.18. The van der Waals surface area contributed by atoms with Crippen LogP contribution in [0, 0.1) is 5.92 Å². The minimum Gasteiger partial charge on any atom is -0.393 e. The Hall–Kier alpha value is -1.00. The van der Waals surface area contributed by atoms with Crippen molar-refractivity contribution >= 4 is 17.7 Å². The van der Waals surface area contributed by atoms with Gasteiger partial charge in [-0.05, 0) is 37.1 Å². The third kappa shape index (κ3) is 2.87. The molecule has 0 bridgehead atoms. The van der Waals surface area contributed by atoms with Crippen molar-refractivity contribution < 1.29 is 9.90 Å². The molecule has 0 spiro atoms. The van der Waals surface area contributed by atoms with Crippen LogP contribution in [0.25, 0.3) is 0 Å². The summed E-state index contributed by atoms with van der Waals surface area (Å²) < 4.78 is 0. The Morgan fingerprint density at radius 2 is 2.11 bits per heavy atom. The highest BCUT2D eigenvalue weighted by atomic mass is 32.2. The van der Waals surface area contributed by atoms with Gasteiger partial charge in [0.15, 0.2) is 0 Å². The molecule has 1 amide bonds. The van der Waals surface area contributed by atoms with Crippen molar-refractivity contribution in [2.45, 2.75) is 23.8 Å².